The number of fused-ring (bicyclic) bond motifs is 3. The van der Waals surface area contributed by atoms with Crippen molar-refractivity contribution in [2.45, 2.75) is 77.5 Å². The molecule has 6 N–H and O–H groups in total. The topological polar surface area (TPSA) is 206 Å². The molecule has 5 atom stereocenters. The number of benzene rings is 2. The molecule has 0 aliphatic carbocycles. The van der Waals surface area contributed by atoms with Crippen molar-refractivity contribution >= 4 is 29.5 Å². The third kappa shape index (κ3) is 10.1. The van der Waals surface area contributed by atoms with Gasteiger partial charge >= 0.3 is 0 Å². The highest BCUT2D eigenvalue weighted by atomic mass is 19.1. The van der Waals surface area contributed by atoms with Crippen molar-refractivity contribution in [2.75, 3.05) is 6.61 Å². The van der Waals surface area contributed by atoms with Crippen molar-refractivity contribution < 1.29 is 38.2 Å². The molecule has 1 aliphatic heterocycles. The molecule has 5 amide bonds. The number of nitrogens with zero attached hydrogens (tertiary/aromatic N) is 3. The van der Waals surface area contributed by atoms with Gasteiger partial charge in [0.2, 0.25) is 23.6 Å². The fraction of sp³-hybridized carbons (Fsp3) is 0.424. The molecule has 2 aromatic carbocycles. The Labute approximate surface area is 282 Å². The number of aliphatic hydroxyl groups is 1. The van der Waals surface area contributed by atoms with Gasteiger partial charge in [0.05, 0.1) is 31.0 Å². The van der Waals surface area contributed by atoms with E-state index in [4.69, 9.17) is 4.74 Å². The summed E-state index contributed by atoms with van der Waals surface area (Å²) in [6, 6.07) is 7.41. The van der Waals surface area contributed by atoms with E-state index in [0.717, 1.165) is 17.7 Å². The first-order chi connectivity index (χ1) is 23.3. The van der Waals surface area contributed by atoms with Crippen molar-refractivity contribution in [3.05, 3.63) is 77.4 Å². The highest BCUT2D eigenvalue weighted by Crippen LogP contribution is 2.21. The van der Waals surface area contributed by atoms with E-state index in [-0.39, 0.29) is 37.4 Å². The summed E-state index contributed by atoms with van der Waals surface area (Å²) in [5.74, 6) is -4.79. The number of rotatable bonds is 4. The molecule has 3 aromatic rings. The lowest BCUT2D eigenvalue weighted by atomic mass is 10.0. The van der Waals surface area contributed by atoms with Crippen molar-refractivity contribution in [2.24, 2.45) is 5.92 Å². The maximum atomic E-state index is 14.2. The molecule has 2 heterocycles. The highest BCUT2D eigenvalue weighted by molar-refractivity contribution is 6.00. The van der Waals surface area contributed by atoms with E-state index in [2.05, 4.69) is 36.9 Å². The van der Waals surface area contributed by atoms with Crippen LogP contribution in [0.25, 0.3) is 0 Å². The maximum Gasteiger partial charge on any atom is 0.255 e. The number of hydrogen-bond donors (Lipinski definition) is 6. The van der Waals surface area contributed by atoms with Crippen LogP contribution in [-0.4, -0.2) is 86.5 Å². The Hall–Kier alpha value is -5.38. The number of hydrogen-bond acceptors (Lipinski definition) is 9. The number of aromatic nitrogens is 3. The number of amides is 5. The smallest absolute Gasteiger partial charge is 0.255 e. The van der Waals surface area contributed by atoms with Crippen LogP contribution in [0.1, 0.15) is 49.3 Å². The molecule has 16 heteroatoms. The molecule has 15 nitrogen and oxygen atoms in total. The van der Waals surface area contributed by atoms with Gasteiger partial charge in [-0.3, -0.25) is 24.0 Å². The van der Waals surface area contributed by atoms with Crippen LogP contribution >= 0.6 is 0 Å². The normalized spacial score (nSPS) is 22.4. The SMILES string of the molecule is CC(C)[C@H]1NC(=O)c2cc(F)ccc2OCCn2cc(nn2)CNC(=O)[C@H](Cc2ccccc2)NC(=O)[C@H]([C@@H](C)O)NC(=O)[C@H](C)NC1=O. The Balaban J connectivity index is 1.64. The third-order valence-electron chi connectivity index (χ3n) is 7.76. The molecule has 1 aliphatic rings. The minimum absolute atomic E-state index is 0.0113. The summed E-state index contributed by atoms with van der Waals surface area (Å²) in [6.45, 7) is 6.17. The molecule has 4 rings (SSSR count). The molecular formula is C33H41FN8O7. The summed E-state index contributed by atoms with van der Waals surface area (Å²) < 4.78 is 21.5. The summed E-state index contributed by atoms with van der Waals surface area (Å²) in [7, 11) is 0. The first kappa shape index (κ1) is 36.5. The Morgan fingerprint density at radius 3 is 2.33 bits per heavy atom. The Bertz CT molecular complexity index is 1650. The lowest BCUT2D eigenvalue weighted by molar-refractivity contribution is -0.135. The predicted molar refractivity (Wildman–Crippen MR) is 173 cm³/mol. The molecule has 0 spiro atoms. The summed E-state index contributed by atoms with van der Waals surface area (Å²) in [6.07, 6.45) is 0.291. The molecule has 0 fully saturated rings. The van der Waals surface area contributed by atoms with Crippen LogP contribution in [0.15, 0.2) is 54.7 Å². The maximum absolute atomic E-state index is 14.2. The molecular weight excluding hydrogens is 639 g/mol. The van der Waals surface area contributed by atoms with Gasteiger partial charge in [0.25, 0.3) is 5.91 Å². The zero-order valence-electron chi connectivity index (χ0n) is 27.6. The second kappa shape index (κ2) is 16.6. The molecule has 0 unspecified atom stereocenters. The Morgan fingerprint density at radius 1 is 0.918 bits per heavy atom. The molecule has 49 heavy (non-hydrogen) atoms. The van der Waals surface area contributed by atoms with E-state index in [1.165, 1.54) is 24.6 Å². The lowest BCUT2D eigenvalue weighted by Gasteiger charge is -2.27. The summed E-state index contributed by atoms with van der Waals surface area (Å²) >= 11 is 0. The predicted octanol–water partition coefficient (Wildman–Crippen LogP) is -0.0218. The second-order valence-corrected chi connectivity index (χ2v) is 12.1. The zero-order valence-corrected chi connectivity index (χ0v) is 27.6. The van der Waals surface area contributed by atoms with Crippen LogP contribution in [0.2, 0.25) is 0 Å². The second-order valence-electron chi connectivity index (χ2n) is 12.1. The van der Waals surface area contributed by atoms with Crippen LogP contribution in [0, 0.1) is 11.7 Å². The van der Waals surface area contributed by atoms with E-state index in [0.29, 0.717) is 5.69 Å². The van der Waals surface area contributed by atoms with Crippen LogP contribution in [0.4, 0.5) is 4.39 Å². The van der Waals surface area contributed by atoms with Gasteiger partial charge in [-0.25, -0.2) is 9.07 Å². The summed E-state index contributed by atoms with van der Waals surface area (Å²) in [5, 5.41) is 31.5. The first-order valence-electron chi connectivity index (χ1n) is 15.9. The van der Waals surface area contributed by atoms with Crippen molar-refractivity contribution in [3.8, 4) is 5.75 Å². The molecule has 262 valence electrons. The van der Waals surface area contributed by atoms with Gasteiger partial charge in [0, 0.05) is 6.42 Å². The number of carbonyl (C=O) groups excluding carboxylic acids is 5. The molecule has 0 saturated carbocycles. The van der Waals surface area contributed by atoms with Gasteiger partial charge in [-0.15, -0.1) is 5.10 Å². The Kier molecular flexibility index (Phi) is 12.4. The van der Waals surface area contributed by atoms with Crippen LogP contribution in [-0.2, 0) is 38.7 Å². The van der Waals surface area contributed by atoms with E-state index < -0.39 is 71.5 Å². The van der Waals surface area contributed by atoms with Gasteiger partial charge in [-0.2, -0.15) is 0 Å². The van der Waals surface area contributed by atoms with Crippen molar-refractivity contribution in [1.82, 2.24) is 41.6 Å². The van der Waals surface area contributed by atoms with Crippen LogP contribution in [0.3, 0.4) is 0 Å². The molecule has 1 aromatic heterocycles. The monoisotopic (exact) mass is 680 g/mol. The average Bonchev–Trinajstić information content (AvgIpc) is 3.52. The Morgan fingerprint density at radius 2 is 1.63 bits per heavy atom. The number of aliphatic hydroxyl groups excluding tert-OH is 1. The van der Waals surface area contributed by atoms with E-state index >= 15 is 0 Å². The van der Waals surface area contributed by atoms with Gasteiger partial charge in [0.15, 0.2) is 0 Å². The first-order valence-corrected chi connectivity index (χ1v) is 15.9. The van der Waals surface area contributed by atoms with E-state index in [1.54, 1.807) is 44.3 Å². The van der Waals surface area contributed by atoms with Gasteiger partial charge in [-0.05, 0) is 43.5 Å². The van der Waals surface area contributed by atoms with Crippen LogP contribution < -0.4 is 31.3 Å². The largest absolute Gasteiger partial charge is 0.491 e. The highest BCUT2D eigenvalue weighted by Gasteiger charge is 2.33. The lowest BCUT2D eigenvalue weighted by Crippen LogP contribution is -2.60. The fourth-order valence-electron chi connectivity index (χ4n) is 5.01. The number of halogens is 1. The number of carbonyl (C=O) groups is 5. The fourth-order valence-corrected chi connectivity index (χ4v) is 5.01. The average molecular weight is 681 g/mol. The number of ether oxygens (including phenoxy) is 1. The van der Waals surface area contributed by atoms with E-state index in [9.17, 15) is 33.5 Å². The minimum atomic E-state index is -1.49. The molecule has 0 radical (unpaired) electrons. The van der Waals surface area contributed by atoms with Crippen LogP contribution in [0.5, 0.6) is 5.75 Å². The van der Waals surface area contributed by atoms with Gasteiger partial charge in [0.1, 0.15) is 48.0 Å². The molecule has 2 bridgehead atoms. The summed E-state index contributed by atoms with van der Waals surface area (Å²) in [5.41, 5.74) is 0.996. The zero-order chi connectivity index (χ0) is 35.7. The van der Waals surface area contributed by atoms with Gasteiger partial charge in [-0.1, -0.05) is 49.4 Å². The minimum Gasteiger partial charge on any atom is -0.491 e. The number of nitrogens with one attached hydrogen (secondary N) is 5. The molecule has 0 saturated heterocycles. The van der Waals surface area contributed by atoms with Gasteiger partial charge < -0.3 is 36.4 Å². The van der Waals surface area contributed by atoms with Crippen molar-refractivity contribution in [1.29, 1.82) is 0 Å². The quantitative estimate of drug-likeness (QED) is 0.219. The van der Waals surface area contributed by atoms with Crippen molar-refractivity contribution in [3.63, 3.8) is 0 Å². The van der Waals surface area contributed by atoms with E-state index in [1.807, 2.05) is 6.07 Å². The third-order valence-corrected chi connectivity index (χ3v) is 7.76. The summed E-state index contributed by atoms with van der Waals surface area (Å²) in [4.78, 5) is 66.6. The standard InChI is InChI=1S/C33H41FN8O7/c1-18(2)27-32(47)36-19(3)29(44)39-28(20(4)43)33(48)37-25(14-21-8-6-5-7-9-21)31(46)35-16-23-17-42(41-40-23)12-13-49-26-11-10-22(34)15-24(26)30(45)38-27/h5-11,15,17-20,25,27-28,43H,12-14,16H2,1-4H3,(H,35,46)(H,36,47)(H,37,48)(H,38,45)(H,39,44)/t19-,20+,25-,27+,28-/m0/s1.